The van der Waals surface area contributed by atoms with E-state index in [0.717, 1.165) is 53.0 Å². The summed E-state index contributed by atoms with van der Waals surface area (Å²) >= 11 is 0. The molecular formula is C32H42N4O2. The number of nitrogens with one attached hydrogen (secondary N) is 2. The summed E-state index contributed by atoms with van der Waals surface area (Å²) in [6.45, 7) is 9.11. The molecule has 2 N–H and O–H groups in total. The van der Waals surface area contributed by atoms with Crippen LogP contribution in [0.2, 0.25) is 0 Å². The lowest BCUT2D eigenvalue weighted by atomic mass is 9.88. The molecule has 6 nitrogen and oxygen atoms in total. The summed E-state index contributed by atoms with van der Waals surface area (Å²) in [6, 6.07) is 17.5. The maximum Gasteiger partial charge on any atom is 0.253 e. The second-order valence-corrected chi connectivity index (χ2v) is 10.9. The molecule has 1 saturated carbocycles. The molecule has 3 aromatic rings. The number of aromatic nitrogens is 1. The smallest absolute Gasteiger partial charge is 0.253 e. The van der Waals surface area contributed by atoms with Gasteiger partial charge in [-0.2, -0.15) is 0 Å². The molecule has 1 heterocycles. The van der Waals surface area contributed by atoms with Crippen LogP contribution in [0.3, 0.4) is 0 Å². The zero-order chi connectivity index (χ0) is 27.4. The van der Waals surface area contributed by atoms with Crippen LogP contribution >= 0.6 is 0 Å². The first-order chi connectivity index (χ1) is 18.2. The van der Waals surface area contributed by atoms with Gasteiger partial charge < -0.3 is 20.1 Å². The number of aryl methyl sites for hydroxylation is 2. The molecule has 0 unspecified atom stereocenters. The summed E-state index contributed by atoms with van der Waals surface area (Å²) in [5.41, 5.74) is 7.01. The standard InChI is InChI=1S/C32H42N4O2/c1-7-36(27-15-13-26(14-16-27)35(5)6)30-19-25(24-11-9-8-10-12-24)18-28(23(30)4)31(37)33-20-29-21(2)17-22(3)34-32(29)38/h8-12,17-19,26-27H,7,13-16,20H2,1-6H3,(H,33,37)(H,34,38)/t26-,27-. The molecule has 6 heteroatoms. The van der Waals surface area contributed by atoms with E-state index in [4.69, 9.17) is 0 Å². The van der Waals surface area contributed by atoms with Gasteiger partial charge in [-0.15, -0.1) is 0 Å². The highest BCUT2D eigenvalue weighted by atomic mass is 16.1. The lowest BCUT2D eigenvalue weighted by Crippen LogP contribution is -2.42. The van der Waals surface area contributed by atoms with E-state index in [-0.39, 0.29) is 18.0 Å². The van der Waals surface area contributed by atoms with Crippen LogP contribution in [0.1, 0.15) is 65.3 Å². The number of aromatic amines is 1. The maximum absolute atomic E-state index is 13.6. The lowest BCUT2D eigenvalue weighted by molar-refractivity contribution is 0.0950. The molecule has 0 radical (unpaired) electrons. The average molecular weight is 515 g/mol. The molecule has 1 aliphatic carbocycles. The molecule has 1 fully saturated rings. The van der Waals surface area contributed by atoms with Crippen LogP contribution in [0.5, 0.6) is 0 Å². The minimum absolute atomic E-state index is 0.149. The number of nitrogens with zero attached hydrogens (tertiary/aromatic N) is 2. The van der Waals surface area contributed by atoms with E-state index in [1.807, 2.05) is 44.2 Å². The van der Waals surface area contributed by atoms with Crippen molar-refractivity contribution in [3.8, 4) is 11.1 Å². The summed E-state index contributed by atoms with van der Waals surface area (Å²) in [6.07, 6.45) is 4.65. The molecular weight excluding hydrogens is 472 g/mol. The van der Waals surface area contributed by atoms with Gasteiger partial charge in [-0.25, -0.2) is 0 Å². The van der Waals surface area contributed by atoms with E-state index in [1.54, 1.807) is 0 Å². The second-order valence-electron chi connectivity index (χ2n) is 10.9. The predicted molar refractivity (Wildman–Crippen MR) is 157 cm³/mol. The van der Waals surface area contributed by atoms with E-state index >= 15 is 0 Å². The van der Waals surface area contributed by atoms with Crippen molar-refractivity contribution in [3.05, 3.63) is 86.8 Å². The third-order valence-electron chi connectivity index (χ3n) is 8.14. The molecule has 0 saturated heterocycles. The SMILES string of the molecule is CCN(c1cc(-c2ccccc2)cc(C(=O)NCc2c(C)cc(C)[nH]c2=O)c1C)[C@H]1CC[C@H](N(C)C)CC1. The van der Waals surface area contributed by atoms with Crippen molar-refractivity contribution in [2.24, 2.45) is 0 Å². The second kappa shape index (κ2) is 12.0. The Morgan fingerprint density at radius 2 is 1.61 bits per heavy atom. The van der Waals surface area contributed by atoms with Gasteiger partial charge in [0.2, 0.25) is 0 Å². The van der Waals surface area contributed by atoms with E-state index in [1.165, 1.54) is 12.8 Å². The highest BCUT2D eigenvalue weighted by Gasteiger charge is 2.28. The number of amides is 1. The molecule has 1 amide bonds. The van der Waals surface area contributed by atoms with E-state index in [0.29, 0.717) is 23.2 Å². The normalized spacial score (nSPS) is 17.4. The number of pyridine rings is 1. The fourth-order valence-electron chi connectivity index (χ4n) is 5.91. The Morgan fingerprint density at radius 1 is 0.947 bits per heavy atom. The van der Waals surface area contributed by atoms with Crippen molar-refractivity contribution >= 4 is 11.6 Å². The number of hydrogen-bond acceptors (Lipinski definition) is 4. The van der Waals surface area contributed by atoms with Gasteiger partial charge in [-0.05, 0) is 108 Å². The van der Waals surface area contributed by atoms with Crippen molar-refractivity contribution in [1.82, 2.24) is 15.2 Å². The van der Waals surface area contributed by atoms with Gasteiger partial charge in [0.25, 0.3) is 11.5 Å². The maximum atomic E-state index is 13.6. The van der Waals surface area contributed by atoms with Crippen molar-refractivity contribution in [1.29, 1.82) is 0 Å². The first kappa shape index (κ1) is 27.6. The van der Waals surface area contributed by atoms with Crippen LogP contribution in [-0.4, -0.2) is 48.5 Å². The van der Waals surface area contributed by atoms with Crippen molar-refractivity contribution in [2.45, 2.75) is 72.0 Å². The minimum atomic E-state index is -0.159. The third-order valence-corrected chi connectivity index (χ3v) is 8.14. The van der Waals surface area contributed by atoms with Crippen LogP contribution in [-0.2, 0) is 6.54 Å². The Hall–Kier alpha value is -3.38. The number of carbonyl (C=O) groups is 1. The van der Waals surface area contributed by atoms with Gasteiger partial charge in [0.05, 0.1) is 0 Å². The van der Waals surface area contributed by atoms with Gasteiger partial charge in [-0.1, -0.05) is 30.3 Å². The number of rotatable bonds is 8. The molecule has 0 atom stereocenters. The largest absolute Gasteiger partial charge is 0.369 e. The highest BCUT2D eigenvalue weighted by molar-refractivity contribution is 5.99. The topological polar surface area (TPSA) is 68.4 Å². The van der Waals surface area contributed by atoms with Gasteiger partial charge in [0.15, 0.2) is 0 Å². The third kappa shape index (κ3) is 6.02. The van der Waals surface area contributed by atoms with E-state index in [9.17, 15) is 9.59 Å². The monoisotopic (exact) mass is 514 g/mol. The zero-order valence-electron chi connectivity index (χ0n) is 23.7. The van der Waals surface area contributed by atoms with Crippen LogP contribution in [0.15, 0.2) is 53.3 Å². The van der Waals surface area contributed by atoms with Crippen molar-refractivity contribution in [2.75, 3.05) is 25.5 Å². The molecule has 38 heavy (non-hydrogen) atoms. The van der Waals surface area contributed by atoms with Gasteiger partial charge in [0.1, 0.15) is 0 Å². The van der Waals surface area contributed by atoms with E-state index in [2.05, 4.69) is 66.2 Å². The first-order valence-corrected chi connectivity index (χ1v) is 13.8. The summed E-state index contributed by atoms with van der Waals surface area (Å²) in [7, 11) is 4.35. The number of hydrogen-bond donors (Lipinski definition) is 2. The summed E-state index contributed by atoms with van der Waals surface area (Å²) in [5, 5.41) is 3.03. The Kier molecular flexibility index (Phi) is 8.72. The van der Waals surface area contributed by atoms with Crippen LogP contribution in [0, 0.1) is 20.8 Å². The molecule has 4 rings (SSSR count). The first-order valence-electron chi connectivity index (χ1n) is 13.8. The van der Waals surface area contributed by atoms with Gasteiger partial charge in [0, 0.05) is 47.7 Å². The summed E-state index contributed by atoms with van der Waals surface area (Å²) in [4.78, 5) is 33.8. The Bertz CT molecular complexity index is 1320. The average Bonchev–Trinajstić information content (AvgIpc) is 2.90. The summed E-state index contributed by atoms with van der Waals surface area (Å²) < 4.78 is 0. The summed E-state index contributed by atoms with van der Waals surface area (Å²) in [5.74, 6) is -0.159. The molecule has 0 spiro atoms. The van der Waals surface area contributed by atoms with Gasteiger partial charge >= 0.3 is 0 Å². The zero-order valence-corrected chi connectivity index (χ0v) is 23.7. The minimum Gasteiger partial charge on any atom is -0.369 e. The van der Waals surface area contributed by atoms with E-state index < -0.39 is 0 Å². The number of carbonyl (C=O) groups excluding carboxylic acids is 1. The Morgan fingerprint density at radius 3 is 2.21 bits per heavy atom. The number of H-pyrrole nitrogens is 1. The van der Waals surface area contributed by atoms with Crippen molar-refractivity contribution in [3.63, 3.8) is 0 Å². The highest BCUT2D eigenvalue weighted by Crippen LogP contribution is 2.35. The molecule has 2 aromatic carbocycles. The Labute approximate surface area is 227 Å². The molecule has 1 aromatic heterocycles. The number of anilines is 1. The quantitative estimate of drug-likeness (QED) is 0.411. The fourth-order valence-corrected chi connectivity index (χ4v) is 5.91. The fraction of sp³-hybridized carbons (Fsp3) is 0.438. The van der Waals surface area contributed by atoms with Crippen molar-refractivity contribution < 1.29 is 4.79 Å². The van der Waals surface area contributed by atoms with Crippen LogP contribution in [0.4, 0.5) is 5.69 Å². The molecule has 1 aliphatic rings. The molecule has 202 valence electrons. The Balaban J connectivity index is 1.68. The van der Waals surface area contributed by atoms with Crippen LogP contribution in [0.25, 0.3) is 11.1 Å². The predicted octanol–water partition coefficient (Wildman–Crippen LogP) is 5.60. The molecule has 0 bridgehead atoms. The number of benzene rings is 2. The lowest BCUT2D eigenvalue weighted by Gasteiger charge is -2.40. The van der Waals surface area contributed by atoms with Gasteiger partial charge in [-0.3, -0.25) is 9.59 Å². The van der Waals surface area contributed by atoms with Crippen LogP contribution < -0.4 is 15.8 Å². The molecule has 0 aliphatic heterocycles.